The fraction of sp³-hybridized carbons (Fsp3) is 0.545. The lowest BCUT2D eigenvalue weighted by atomic mass is 9.90. The average molecular weight is 178 g/mol. The Hall–Kier alpha value is -1.05. The van der Waals surface area contributed by atoms with Crippen LogP contribution in [0.4, 0.5) is 0 Å². The van der Waals surface area contributed by atoms with Crippen molar-refractivity contribution in [3.63, 3.8) is 0 Å². The van der Waals surface area contributed by atoms with Gasteiger partial charge < -0.3 is 4.74 Å². The van der Waals surface area contributed by atoms with Crippen LogP contribution in [0, 0.1) is 5.92 Å². The summed E-state index contributed by atoms with van der Waals surface area (Å²) in [5.74, 6) is 1.04. The van der Waals surface area contributed by atoms with Crippen LogP contribution in [-0.2, 0) is 9.53 Å². The van der Waals surface area contributed by atoms with E-state index in [4.69, 9.17) is 4.74 Å². The van der Waals surface area contributed by atoms with Gasteiger partial charge in [-0.15, -0.1) is 0 Å². The molecule has 0 saturated carbocycles. The molecule has 0 N–H and O–H groups in total. The standard InChI is InChI=1S/C11H14O2/c1-2-13-10-7-8-5-3-4-6-9(8)11(10)12/h6-8H,2-5H2,1H3. The van der Waals surface area contributed by atoms with Crippen LogP contribution in [0.5, 0.6) is 0 Å². The summed E-state index contributed by atoms with van der Waals surface area (Å²) in [6.45, 7) is 2.49. The first kappa shape index (κ1) is 8.54. The Balaban J connectivity index is 2.21. The lowest BCUT2D eigenvalue weighted by molar-refractivity contribution is -0.115. The molecule has 0 fully saturated rings. The van der Waals surface area contributed by atoms with Gasteiger partial charge in [0.25, 0.3) is 0 Å². The minimum absolute atomic E-state index is 0.117. The van der Waals surface area contributed by atoms with Crippen LogP contribution in [0.25, 0.3) is 0 Å². The SMILES string of the molecule is CCOC1=CC2CCCC=C2C1=O. The zero-order valence-corrected chi connectivity index (χ0v) is 7.88. The molecule has 0 radical (unpaired) electrons. The largest absolute Gasteiger partial charge is 0.490 e. The number of fused-ring (bicyclic) bond motifs is 1. The molecule has 0 aliphatic heterocycles. The van der Waals surface area contributed by atoms with Crippen LogP contribution in [0.1, 0.15) is 26.2 Å². The van der Waals surface area contributed by atoms with Gasteiger partial charge in [-0.2, -0.15) is 0 Å². The van der Waals surface area contributed by atoms with Crippen LogP contribution in [0.2, 0.25) is 0 Å². The van der Waals surface area contributed by atoms with Crippen molar-refractivity contribution in [3.05, 3.63) is 23.5 Å². The number of carbonyl (C=O) groups is 1. The van der Waals surface area contributed by atoms with Gasteiger partial charge in [-0.05, 0) is 32.3 Å². The number of ketones is 1. The Morgan fingerprint density at radius 2 is 2.46 bits per heavy atom. The average Bonchev–Trinajstić information content (AvgIpc) is 2.46. The Kier molecular flexibility index (Phi) is 2.21. The molecule has 2 nitrogen and oxygen atoms in total. The number of hydrogen-bond donors (Lipinski definition) is 0. The summed E-state index contributed by atoms with van der Waals surface area (Å²) >= 11 is 0. The number of carbonyl (C=O) groups excluding carboxylic acids is 1. The maximum Gasteiger partial charge on any atom is 0.223 e. The molecule has 0 spiro atoms. The minimum atomic E-state index is 0.117. The van der Waals surface area contributed by atoms with E-state index in [1.165, 1.54) is 6.42 Å². The fourth-order valence-corrected chi connectivity index (χ4v) is 2.01. The van der Waals surface area contributed by atoms with Crippen molar-refractivity contribution in [2.75, 3.05) is 6.61 Å². The van der Waals surface area contributed by atoms with Crippen molar-refractivity contribution in [3.8, 4) is 0 Å². The van der Waals surface area contributed by atoms with Gasteiger partial charge in [0.15, 0.2) is 5.76 Å². The van der Waals surface area contributed by atoms with Crippen molar-refractivity contribution >= 4 is 5.78 Å². The van der Waals surface area contributed by atoms with E-state index in [9.17, 15) is 4.79 Å². The smallest absolute Gasteiger partial charge is 0.223 e. The first-order chi connectivity index (χ1) is 6.33. The van der Waals surface area contributed by atoms with Crippen molar-refractivity contribution in [2.45, 2.75) is 26.2 Å². The van der Waals surface area contributed by atoms with E-state index in [1.807, 2.05) is 13.0 Å². The third-order valence-electron chi connectivity index (χ3n) is 2.62. The first-order valence-electron chi connectivity index (χ1n) is 4.92. The highest BCUT2D eigenvalue weighted by Gasteiger charge is 2.31. The second-order valence-corrected chi connectivity index (χ2v) is 3.49. The Labute approximate surface area is 78.3 Å². The normalized spacial score (nSPS) is 26.5. The number of Topliss-reactive ketones (excluding diaryl/α,β-unsaturated/α-hetero) is 1. The molecular weight excluding hydrogens is 164 g/mol. The molecular formula is C11H14O2. The van der Waals surface area contributed by atoms with E-state index >= 15 is 0 Å². The number of ether oxygens (including phenoxy) is 1. The molecule has 0 saturated heterocycles. The van der Waals surface area contributed by atoms with Crippen LogP contribution in [-0.4, -0.2) is 12.4 Å². The van der Waals surface area contributed by atoms with Crippen LogP contribution < -0.4 is 0 Å². The van der Waals surface area contributed by atoms with E-state index < -0.39 is 0 Å². The summed E-state index contributed by atoms with van der Waals surface area (Å²) in [6.07, 6.45) is 7.40. The summed E-state index contributed by atoms with van der Waals surface area (Å²) in [5.41, 5.74) is 0.967. The Bertz CT molecular complexity index is 286. The predicted octanol–water partition coefficient (Wildman–Crippen LogP) is 2.22. The summed E-state index contributed by atoms with van der Waals surface area (Å²) < 4.78 is 5.28. The fourth-order valence-electron chi connectivity index (χ4n) is 2.01. The summed E-state index contributed by atoms with van der Waals surface area (Å²) in [6, 6.07) is 0. The van der Waals surface area contributed by atoms with E-state index in [2.05, 4.69) is 6.08 Å². The lowest BCUT2D eigenvalue weighted by Crippen LogP contribution is -2.09. The maximum atomic E-state index is 11.7. The highest BCUT2D eigenvalue weighted by atomic mass is 16.5. The first-order valence-corrected chi connectivity index (χ1v) is 4.92. The molecule has 2 heteroatoms. The van der Waals surface area contributed by atoms with E-state index in [1.54, 1.807) is 0 Å². The lowest BCUT2D eigenvalue weighted by Gasteiger charge is -2.13. The molecule has 2 aliphatic rings. The highest BCUT2D eigenvalue weighted by Crippen LogP contribution is 2.34. The predicted molar refractivity (Wildman–Crippen MR) is 50.1 cm³/mol. The molecule has 0 aromatic rings. The van der Waals surface area contributed by atoms with E-state index in [-0.39, 0.29) is 5.78 Å². The van der Waals surface area contributed by atoms with Gasteiger partial charge in [0, 0.05) is 11.5 Å². The third kappa shape index (κ3) is 1.41. The molecule has 13 heavy (non-hydrogen) atoms. The molecule has 1 unspecified atom stereocenters. The molecule has 2 aliphatic carbocycles. The van der Waals surface area contributed by atoms with Crippen LogP contribution >= 0.6 is 0 Å². The van der Waals surface area contributed by atoms with E-state index in [0.717, 1.165) is 18.4 Å². The highest BCUT2D eigenvalue weighted by molar-refractivity contribution is 6.10. The molecule has 0 amide bonds. The van der Waals surface area contributed by atoms with Crippen LogP contribution in [0.3, 0.4) is 0 Å². The number of rotatable bonds is 2. The van der Waals surface area contributed by atoms with Crippen molar-refractivity contribution < 1.29 is 9.53 Å². The van der Waals surface area contributed by atoms with Gasteiger partial charge in [0.1, 0.15) is 0 Å². The van der Waals surface area contributed by atoms with Gasteiger partial charge in [0.2, 0.25) is 5.78 Å². The third-order valence-corrected chi connectivity index (χ3v) is 2.62. The van der Waals surface area contributed by atoms with Gasteiger partial charge in [-0.25, -0.2) is 0 Å². The molecule has 0 aromatic carbocycles. The zero-order chi connectivity index (χ0) is 9.26. The number of allylic oxidation sites excluding steroid dienone is 3. The maximum absolute atomic E-state index is 11.7. The van der Waals surface area contributed by atoms with Crippen molar-refractivity contribution in [2.24, 2.45) is 5.92 Å². The molecule has 1 atom stereocenters. The minimum Gasteiger partial charge on any atom is -0.490 e. The second-order valence-electron chi connectivity index (χ2n) is 3.49. The van der Waals surface area contributed by atoms with Crippen LogP contribution in [0.15, 0.2) is 23.5 Å². The Morgan fingerprint density at radius 1 is 1.62 bits per heavy atom. The van der Waals surface area contributed by atoms with Crippen molar-refractivity contribution in [1.29, 1.82) is 0 Å². The molecule has 2 rings (SSSR count). The zero-order valence-electron chi connectivity index (χ0n) is 7.88. The molecule has 0 heterocycles. The summed E-state index contributed by atoms with van der Waals surface area (Å²) in [4.78, 5) is 11.7. The molecule has 0 bridgehead atoms. The monoisotopic (exact) mass is 178 g/mol. The van der Waals surface area contributed by atoms with Gasteiger partial charge in [-0.3, -0.25) is 4.79 Å². The van der Waals surface area contributed by atoms with Gasteiger partial charge >= 0.3 is 0 Å². The molecule has 0 aromatic heterocycles. The summed E-state index contributed by atoms with van der Waals surface area (Å²) in [5, 5.41) is 0. The topological polar surface area (TPSA) is 26.3 Å². The molecule has 70 valence electrons. The summed E-state index contributed by atoms with van der Waals surface area (Å²) in [7, 11) is 0. The Morgan fingerprint density at radius 3 is 3.15 bits per heavy atom. The van der Waals surface area contributed by atoms with E-state index in [0.29, 0.717) is 18.3 Å². The van der Waals surface area contributed by atoms with Crippen molar-refractivity contribution in [1.82, 2.24) is 0 Å². The van der Waals surface area contributed by atoms with Gasteiger partial charge in [0.05, 0.1) is 6.61 Å². The second kappa shape index (κ2) is 3.36. The number of hydrogen-bond acceptors (Lipinski definition) is 2. The quantitative estimate of drug-likeness (QED) is 0.648. The van der Waals surface area contributed by atoms with Gasteiger partial charge in [-0.1, -0.05) is 6.08 Å².